The smallest absolute Gasteiger partial charge is 0.272 e. The standard InChI is InChI=1S/C17H19ClN2O3/c1-11-3-4-14(9-17(11)20(22)23)12(2)19-16(10-21)13-5-7-15(18)8-6-13/h3-9,12,16,19,21H,10H2,1-2H3. The zero-order valence-electron chi connectivity index (χ0n) is 13.0. The molecule has 0 aliphatic carbocycles. The molecule has 2 unspecified atom stereocenters. The van der Waals surface area contributed by atoms with Crippen molar-refractivity contribution in [2.45, 2.75) is 25.9 Å². The van der Waals surface area contributed by atoms with E-state index >= 15 is 0 Å². The van der Waals surface area contributed by atoms with Gasteiger partial charge in [-0.2, -0.15) is 0 Å². The maximum atomic E-state index is 11.1. The summed E-state index contributed by atoms with van der Waals surface area (Å²) in [4.78, 5) is 10.7. The summed E-state index contributed by atoms with van der Waals surface area (Å²) in [7, 11) is 0. The maximum absolute atomic E-state index is 11.1. The predicted molar refractivity (Wildman–Crippen MR) is 90.7 cm³/mol. The lowest BCUT2D eigenvalue weighted by atomic mass is 10.0. The topological polar surface area (TPSA) is 75.4 Å². The Hall–Kier alpha value is -1.95. The molecule has 0 saturated heterocycles. The van der Waals surface area contributed by atoms with Crippen LogP contribution in [0.4, 0.5) is 5.69 Å². The van der Waals surface area contributed by atoms with Crippen LogP contribution < -0.4 is 5.32 Å². The number of nitro groups is 1. The minimum atomic E-state index is -0.381. The number of nitrogens with zero attached hydrogens (tertiary/aromatic N) is 1. The van der Waals surface area contributed by atoms with E-state index in [2.05, 4.69) is 5.32 Å². The molecule has 0 heterocycles. The van der Waals surface area contributed by atoms with E-state index in [4.69, 9.17) is 11.6 Å². The largest absolute Gasteiger partial charge is 0.394 e. The van der Waals surface area contributed by atoms with Gasteiger partial charge in [-0.25, -0.2) is 0 Å². The molecule has 0 amide bonds. The maximum Gasteiger partial charge on any atom is 0.272 e. The van der Waals surface area contributed by atoms with Crippen molar-refractivity contribution >= 4 is 17.3 Å². The average Bonchev–Trinajstić information content (AvgIpc) is 2.53. The van der Waals surface area contributed by atoms with E-state index in [9.17, 15) is 15.2 Å². The van der Waals surface area contributed by atoms with Gasteiger partial charge in [-0.1, -0.05) is 35.9 Å². The number of hydrogen-bond donors (Lipinski definition) is 2. The molecule has 0 aliphatic rings. The van der Waals surface area contributed by atoms with Crippen molar-refractivity contribution in [3.05, 3.63) is 74.3 Å². The number of halogens is 1. The van der Waals surface area contributed by atoms with E-state index in [1.54, 1.807) is 31.2 Å². The summed E-state index contributed by atoms with van der Waals surface area (Å²) in [5, 5.41) is 24.6. The Morgan fingerprint density at radius 1 is 1.22 bits per heavy atom. The van der Waals surface area contributed by atoms with Crippen LogP contribution in [0.2, 0.25) is 5.02 Å². The van der Waals surface area contributed by atoms with Crippen LogP contribution in [0.15, 0.2) is 42.5 Å². The number of nitro benzene ring substituents is 1. The number of aliphatic hydroxyl groups is 1. The van der Waals surface area contributed by atoms with Crippen molar-refractivity contribution in [1.82, 2.24) is 5.32 Å². The molecule has 2 atom stereocenters. The zero-order chi connectivity index (χ0) is 17.0. The van der Waals surface area contributed by atoms with Crippen LogP contribution >= 0.6 is 11.6 Å². The molecule has 0 fully saturated rings. The molecule has 2 aromatic rings. The normalized spacial score (nSPS) is 13.6. The van der Waals surface area contributed by atoms with Gasteiger partial charge >= 0.3 is 0 Å². The molecular formula is C17H19ClN2O3. The van der Waals surface area contributed by atoms with Gasteiger partial charge in [0, 0.05) is 22.7 Å². The summed E-state index contributed by atoms with van der Waals surface area (Å²) < 4.78 is 0. The molecule has 5 nitrogen and oxygen atoms in total. The molecule has 0 aromatic heterocycles. The quantitative estimate of drug-likeness (QED) is 0.619. The lowest BCUT2D eigenvalue weighted by molar-refractivity contribution is -0.385. The number of aliphatic hydroxyl groups excluding tert-OH is 1. The molecular weight excluding hydrogens is 316 g/mol. The fourth-order valence-corrected chi connectivity index (χ4v) is 2.57. The fraction of sp³-hybridized carbons (Fsp3) is 0.294. The lowest BCUT2D eigenvalue weighted by Crippen LogP contribution is -2.27. The molecule has 23 heavy (non-hydrogen) atoms. The van der Waals surface area contributed by atoms with Gasteiger partial charge in [-0.15, -0.1) is 0 Å². The van der Waals surface area contributed by atoms with E-state index in [1.807, 2.05) is 25.1 Å². The highest BCUT2D eigenvalue weighted by Gasteiger charge is 2.18. The first-order valence-corrected chi connectivity index (χ1v) is 7.67. The minimum absolute atomic E-state index is 0.0834. The van der Waals surface area contributed by atoms with Gasteiger partial charge < -0.3 is 10.4 Å². The van der Waals surface area contributed by atoms with E-state index in [0.717, 1.165) is 11.1 Å². The van der Waals surface area contributed by atoms with Crippen molar-refractivity contribution in [2.24, 2.45) is 0 Å². The van der Waals surface area contributed by atoms with E-state index in [-0.39, 0.29) is 29.3 Å². The number of hydrogen-bond acceptors (Lipinski definition) is 4. The van der Waals surface area contributed by atoms with Crippen molar-refractivity contribution < 1.29 is 10.0 Å². The molecule has 2 rings (SSSR count). The van der Waals surface area contributed by atoms with Crippen LogP contribution in [0.1, 0.15) is 35.7 Å². The van der Waals surface area contributed by atoms with Gasteiger partial charge in [0.05, 0.1) is 17.6 Å². The SMILES string of the molecule is Cc1ccc(C(C)NC(CO)c2ccc(Cl)cc2)cc1[N+](=O)[O-]. The van der Waals surface area contributed by atoms with Crippen LogP contribution in [-0.4, -0.2) is 16.6 Å². The van der Waals surface area contributed by atoms with Gasteiger partial charge in [0.2, 0.25) is 0 Å². The van der Waals surface area contributed by atoms with Crippen LogP contribution in [0, 0.1) is 17.0 Å². The Balaban J connectivity index is 2.19. The fourth-order valence-electron chi connectivity index (χ4n) is 2.44. The summed E-state index contributed by atoms with van der Waals surface area (Å²) in [6, 6.07) is 12.0. The summed E-state index contributed by atoms with van der Waals surface area (Å²) in [5.41, 5.74) is 2.44. The molecule has 2 N–H and O–H groups in total. The van der Waals surface area contributed by atoms with Crippen LogP contribution in [0.3, 0.4) is 0 Å². The number of rotatable bonds is 6. The van der Waals surface area contributed by atoms with Gasteiger partial charge in [0.15, 0.2) is 0 Å². The first-order valence-electron chi connectivity index (χ1n) is 7.29. The molecule has 0 radical (unpaired) electrons. The average molecular weight is 335 g/mol. The third kappa shape index (κ3) is 4.28. The zero-order valence-corrected chi connectivity index (χ0v) is 13.7. The number of aryl methyl sites for hydroxylation is 1. The first-order chi connectivity index (χ1) is 10.9. The second-order valence-corrected chi connectivity index (χ2v) is 5.91. The van der Waals surface area contributed by atoms with Gasteiger partial charge in [0.1, 0.15) is 0 Å². The second kappa shape index (κ2) is 7.55. The molecule has 122 valence electrons. The molecule has 0 bridgehead atoms. The summed E-state index contributed by atoms with van der Waals surface area (Å²) in [5.74, 6) is 0. The third-order valence-electron chi connectivity index (χ3n) is 3.84. The molecule has 0 aliphatic heterocycles. The Morgan fingerprint density at radius 2 is 1.83 bits per heavy atom. The summed E-state index contributed by atoms with van der Waals surface area (Å²) in [6.45, 7) is 3.54. The highest BCUT2D eigenvalue weighted by Crippen LogP contribution is 2.25. The lowest BCUT2D eigenvalue weighted by Gasteiger charge is -2.22. The molecule has 0 spiro atoms. The van der Waals surface area contributed by atoms with Gasteiger partial charge in [-0.05, 0) is 37.1 Å². The Morgan fingerprint density at radius 3 is 2.39 bits per heavy atom. The van der Waals surface area contributed by atoms with E-state index in [0.29, 0.717) is 10.6 Å². The molecule has 2 aromatic carbocycles. The Bertz CT molecular complexity index is 689. The minimum Gasteiger partial charge on any atom is -0.394 e. The van der Waals surface area contributed by atoms with Gasteiger partial charge in [0.25, 0.3) is 5.69 Å². The van der Waals surface area contributed by atoms with Crippen molar-refractivity contribution in [3.8, 4) is 0 Å². The van der Waals surface area contributed by atoms with E-state index in [1.165, 1.54) is 0 Å². The van der Waals surface area contributed by atoms with E-state index < -0.39 is 0 Å². The second-order valence-electron chi connectivity index (χ2n) is 5.48. The third-order valence-corrected chi connectivity index (χ3v) is 4.09. The molecule has 6 heteroatoms. The van der Waals surface area contributed by atoms with Crippen LogP contribution in [0.5, 0.6) is 0 Å². The highest BCUT2D eigenvalue weighted by atomic mass is 35.5. The number of nitrogens with one attached hydrogen (secondary N) is 1. The van der Waals surface area contributed by atoms with Crippen molar-refractivity contribution in [2.75, 3.05) is 6.61 Å². The van der Waals surface area contributed by atoms with Crippen molar-refractivity contribution in [3.63, 3.8) is 0 Å². The van der Waals surface area contributed by atoms with Crippen molar-refractivity contribution in [1.29, 1.82) is 0 Å². The first kappa shape index (κ1) is 17.4. The summed E-state index contributed by atoms with van der Waals surface area (Å²) >= 11 is 5.88. The Labute approximate surface area is 140 Å². The highest BCUT2D eigenvalue weighted by molar-refractivity contribution is 6.30. The Kier molecular flexibility index (Phi) is 5.71. The predicted octanol–water partition coefficient (Wildman–Crippen LogP) is 3.94. The molecule has 0 saturated carbocycles. The van der Waals surface area contributed by atoms with Crippen LogP contribution in [-0.2, 0) is 0 Å². The number of benzene rings is 2. The monoisotopic (exact) mass is 334 g/mol. The van der Waals surface area contributed by atoms with Gasteiger partial charge in [-0.3, -0.25) is 10.1 Å². The summed E-state index contributed by atoms with van der Waals surface area (Å²) in [6.07, 6.45) is 0. The van der Waals surface area contributed by atoms with Crippen LogP contribution in [0.25, 0.3) is 0 Å².